The molecule has 0 aromatic heterocycles. The smallest absolute Gasteiger partial charge is 0.335 e. The van der Waals surface area contributed by atoms with Gasteiger partial charge in [-0.15, -0.1) is 0 Å². The van der Waals surface area contributed by atoms with Crippen molar-refractivity contribution in [3.05, 3.63) is 108 Å². The van der Waals surface area contributed by atoms with E-state index < -0.39 is 5.97 Å². The molecule has 0 amide bonds. The minimum absolute atomic E-state index is 0.0784. The second kappa shape index (κ2) is 12.4. The van der Waals surface area contributed by atoms with Gasteiger partial charge in [0.05, 0.1) is 32.9 Å². The van der Waals surface area contributed by atoms with Gasteiger partial charge >= 0.3 is 5.97 Å². The molecule has 1 N–H and O–H groups in total. The summed E-state index contributed by atoms with van der Waals surface area (Å²) in [6.07, 6.45) is 4.69. The Morgan fingerprint density at radius 2 is 1.68 bits per heavy atom. The standard InChI is InChI=1S/C34H34Cl3NO3/c1-7-34(5,6)27-17-38-32(30-29(36)14-20(3)21(4)31(30)37)26(27)18-41-25-13-12-22(28(35)16-25)10-11-23-15-24(33(39)40)9-8-19(23)2/h8-16H,7,17-18H2,1-6H3,(H,39,40)/b11-10+. The topological polar surface area (TPSA) is 58.9 Å². The second-order valence-corrected chi connectivity index (χ2v) is 12.2. The molecule has 3 aromatic carbocycles. The summed E-state index contributed by atoms with van der Waals surface area (Å²) in [5, 5.41) is 11.0. The zero-order chi connectivity index (χ0) is 30.1. The van der Waals surface area contributed by atoms with Crippen LogP contribution in [0, 0.1) is 26.2 Å². The summed E-state index contributed by atoms with van der Waals surface area (Å²) in [6.45, 7) is 13.4. The van der Waals surface area contributed by atoms with Gasteiger partial charge in [0.1, 0.15) is 12.4 Å². The Morgan fingerprint density at radius 1 is 0.976 bits per heavy atom. The Labute approximate surface area is 257 Å². The number of hydrogen-bond donors (Lipinski definition) is 1. The number of carboxylic acid groups (broad SMARTS) is 1. The average Bonchev–Trinajstić information content (AvgIpc) is 3.35. The van der Waals surface area contributed by atoms with Gasteiger partial charge in [-0.3, -0.25) is 4.99 Å². The van der Waals surface area contributed by atoms with Crippen LogP contribution in [-0.4, -0.2) is 29.9 Å². The van der Waals surface area contributed by atoms with E-state index >= 15 is 0 Å². The molecule has 41 heavy (non-hydrogen) atoms. The van der Waals surface area contributed by atoms with Crippen molar-refractivity contribution in [2.24, 2.45) is 10.4 Å². The first-order valence-electron chi connectivity index (χ1n) is 13.5. The summed E-state index contributed by atoms with van der Waals surface area (Å²) >= 11 is 20.2. The Kier molecular flexibility index (Phi) is 9.38. The van der Waals surface area contributed by atoms with Crippen LogP contribution in [0.15, 0.2) is 58.6 Å². The molecule has 0 saturated heterocycles. The average molecular weight is 611 g/mol. The molecule has 1 aliphatic rings. The van der Waals surface area contributed by atoms with E-state index in [0.717, 1.165) is 51.1 Å². The fourth-order valence-electron chi connectivity index (χ4n) is 4.79. The number of carboxylic acids is 1. The fourth-order valence-corrected chi connectivity index (χ4v) is 5.76. The van der Waals surface area contributed by atoms with Gasteiger partial charge in [-0.1, -0.05) is 73.8 Å². The molecule has 1 heterocycles. The molecular weight excluding hydrogens is 577 g/mol. The first-order valence-corrected chi connectivity index (χ1v) is 14.6. The normalized spacial score (nSPS) is 13.7. The predicted molar refractivity (Wildman–Crippen MR) is 172 cm³/mol. The van der Waals surface area contributed by atoms with E-state index in [9.17, 15) is 9.90 Å². The Bertz CT molecular complexity index is 1620. The molecule has 0 saturated carbocycles. The molecule has 0 atom stereocenters. The molecule has 0 aliphatic carbocycles. The molecule has 3 aromatic rings. The number of benzene rings is 3. The molecule has 214 valence electrons. The van der Waals surface area contributed by atoms with Crippen molar-refractivity contribution in [1.29, 1.82) is 0 Å². The number of hydrogen-bond acceptors (Lipinski definition) is 3. The van der Waals surface area contributed by atoms with E-state index in [1.807, 2.05) is 51.1 Å². The summed E-state index contributed by atoms with van der Waals surface area (Å²) in [7, 11) is 0. The molecule has 7 heteroatoms. The number of aliphatic imine (C=N–C) groups is 1. The highest BCUT2D eigenvalue weighted by Gasteiger charge is 2.33. The minimum atomic E-state index is -0.961. The number of rotatable bonds is 9. The van der Waals surface area contributed by atoms with E-state index in [1.54, 1.807) is 24.3 Å². The van der Waals surface area contributed by atoms with Crippen LogP contribution in [0.2, 0.25) is 15.1 Å². The van der Waals surface area contributed by atoms with Crippen molar-refractivity contribution in [3.63, 3.8) is 0 Å². The van der Waals surface area contributed by atoms with Crippen molar-refractivity contribution >= 4 is 58.6 Å². The number of nitrogens with zero attached hydrogens (tertiary/aromatic N) is 1. The molecule has 4 rings (SSSR count). The molecule has 0 unspecified atom stereocenters. The van der Waals surface area contributed by atoms with Gasteiger partial charge in [0, 0.05) is 11.1 Å². The number of aromatic carboxylic acids is 1. The zero-order valence-corrected chi connectivity index (χ0v) is 26.4. The van der Waals surface area contributed by atoms with Crippen LogP contribution in [0.3, 0.4) is 0 Å². The van der Waals surface area contributed by atoms with Crippen molar-refractivity contribution in [2.45, 2.75) is 48.0 Å². The SMILES string of the molecule is CCC(C)(C)C1=C(COc2ccc(/C=C/c3cc(C(=O)O)ccc3C)c(Cl)c2)C(c2c(Cl)cc(C)c(C)c2Cl)=NC1. The maximum atomic E-state index is 11.4. The van der Waals surface area contributed by atoms with Crippen LogP contribution < -0.4 is 4.74 Å². The number of carbonyl (C=O) groups is 1. The van der Waals surface area contributed by atoms with Gasteiger partial charge < -0.3 is 9.84 Å². The van der Waals surface area contributed by atoms with E-state index in [-0.39, 0.29) is 11.0 Å². The Hall–Kier alpha value is -3.05. The first-order chi connectivity index (χ1) is 19.3. The van der Waals surface area contributed by atoms with Crippen LogP contribution in [-0.2, 0) is 0 Å². The lowest BCUT2D eigenvalue weighted by Crippen LogP contribution is -2.20. The first kappa shape index (κ1) is 30.9. The van der Waals surface area contributed by atoms with E-state index in [1.165, 1.54) is 5.57 Å². The summed E-state index contributed by atoms with van der Waals surface area (Å²) in [4.78, 5) is 16.3. The molecule has 1 aliphatic heterocycles. The maximum Gasteiger partial charge on any atom is 0.335 e. The highest BCUT2D eigenvalue weighted by molar-refractivity contribution is 6.42. The van der Waals surface area contributed by atoms with E-state index in [0.29, 0.717) is 34.0 Å². The van der Waals surface area contributed by atoms with Crippen molar-refractivity contribution in [2.75, 3.05) is 13.2 Å². The van der Waals surface area contributed by atoms with Gasteiger partial charge in [0.2, 0.25) is 0 Å². The molecule has 0 radical (unpaired) electrons. The maximum absolute atomic E-state index is 11.4. The van der Waals surface area contributed by atoms with E-state index in [2.05, 4.69) is 20.8 Å². The minimum Gasteiger partial charge on any atom is -0.489 e. The summed E-state index contributed by atoms with van der Waals surface area (Å²) in [5.74, 6) is -0.335. The molecule has 0 spiro atoms. The predicted octanol–water partition coefficient (Wildman–Crippen LogP) is 10.1. The number of ether oxygens (including phenoxy) is 1. The summed E-state index contributed by atoms with van der Waals surface area (Å²) in [6, 6.07) is 12.5. The van der Waals surface area contributed by atoms with Crippen molar-refractivity contribution < 1.29 is 14.6 Å². The second-order valence-electron chi connectivity index (χ2n) is 11.0. The van der Waals surface area contributed by atoms with Crippen LogP contribution in [0.1, 0.15) is 70.9 Å². The summed E-state index contributed by atoms with van der Waals surface area (Å²) < 4.78 is 6.31. The van der Waals surface area contributed by atoms with Crippen molar-refractivity contribution in [3.8, 4) is 5.75 Å². The largest absolute Gasteiger partial charge is 0.489 e. The molecular formula is C34H34Cl3NO3. The third-order valence-corrected chi connectivity index (χ3v) is 9.13. The Balaban J connectivity index is 1.62. The Morgan fingerprint density at radius 3 is 2.34 bits per heavy atom. The zero-order valence-electron chi connectivity index (χ0n) is 24.2. The van der Waals surface area contributed by atoms with Crippen LogP contribution in [0.25, 0.3) is 12.2 Å². The third-order valence-electron chi connectivity index (χ3n) is 8.03. The van der Waals surface area contributed by atoms with Gasteiger partial charge in [0.15, 0.2) is 0 Å². The van der Waals surface area contributed by atoms with Crippen molar-refractivity contribution in [1.82, 2.24) is 0 Å². The summed E-state index contributed by atoms with van der Waals surface area (Å²) in [5.41, 5.74) is 8.50. The van der Waals surface area contributed by atoms with Gasteiger partial charge in [-0.2, -0.15) is 0 Å². The highest BCUT2D eigenvalue weighted by Crippen LogP contribution is 2.41. The van der Waals surface area contributed by atoms with E-state index in [4.69, 9.17) is 44.5 Å². The quantitative estimate of drug-likeness (QED) is 0.245. The fraction of sp³-hybridized carbons (Fsp3) is 0.294. The van der Waals surface area contributed by atoms with Crippen LogP contribution >= 0.6 is 34.8 Å². The lowest BCUT2D eigenvalue weighted by molar-refractivity contribution is 0.0697. The third kappa shape index (κ3) is 6.56. The molecule has 0 bridgehead atoms. The number of halogens is 3. The van der Waals surface area contributed by atoms with Gasteiger partial charge in [-0.25, -0.2) is 4.79 Å². The van der Waals surface area contributed by atoms with Crippen LogP contribution in [0.5, 0.6) is 5.75 Å². The lowest BCUT2D eigenvalue weighted by atomic mass is 9.79. The highest BCUT2D eigenvalue weighted by atomic mass is 35.5. The van der Waals surface area contributed by atoms with Crippen LogP contribution in [0.4, 0.5) is 0 Å². The van der Waals surface area contributed by atoms with Gasteiger partial charge in [0.25, 0.3) is 0 Å². The van der Waals surface area contributed by atoms with Gasteiger partial charge in [-0.05, 0) is 102 Å². The monoisotopic (exact) mass is 609 g/mol. The number of aryl methyl sites for hydroxylation is 2. The lowest BCUT2D eigenvalue weighted by Gasteiger charge is -2.26. The molecule has 0 fully saturated rings. The molecule has 4 nitrogen and oxygen atoms in total.